The van der Waals surface area contributed by atoms with Crippen LogP contribution in [0.2, 0.25) is 0 Å². The SMILES string of the molecule is CC1CCCC1C(C)(C)C1C2CCCCC2C2CCCCC21.CCC. The van der Waals surface area contributed by atoms with Crippen molar-refractivity contribution in [2.45, 2.75) is 112 Å². The van der Waals surface area contributed by atoms with E-state index in [0.717, 1.165) is 41.4 Å². The number of rotatable bonds is 2. The van der Waals surface area contributed by atoms with Gasteiger partial charge in [0.1, 0.15) is 0 Å². The van der Waals surface area contributed by atoms with Gasteiger partial charge in [0, 0.05) is 0 Å². The molecule has 146 valence electrons. The number of fused-ring (bicyclic) bond motifs is 3. The summed E-state index contributed by atoms with van der Waals surface area (Å²) in [5.74, 6) is 7.52. The molecular formula is C25H46. The highest BCUT2D eigenvalue weighted by molar-refractivity contribution is 5.06. The first-order valence-electron chi connectivity index (χ1n) is 12.0. The molecule has 0 heterocycles. The van der Waals surface area contributed by atoms with Gasteiger partial charge in [-0.1, -0.05) is 79.6 Å². The predicted molar refractivity (Wildman–Crippen MR) is 111 cm³/mol. The molecule has 4 fully saturated rings. The van der Waals surface area contributed by atoms with Crippen molar-refractivity contribution in [3.8, 4) is 0 Å². The van der Waals surface area contributed by atoms with Crippen molar-refractivity contribution in [2.24, 2.45) is 46.8 Å². The van der Waals surface area contributed by atoms with E-state index in [9.17, 15) is 0 Å². The van der Waals surface area contributed by atoms with E-state index in [-0.39, 0.29) is 0 Å². The molecule has 25 heavy (non-hydrogen) atoms. The van der Waals surface area contributed by atoms with Crippen LogP contribution in [0.15, 0.2) is 0 Å². The first-order chi connectivity index (χ1) is 12.0. The van der Waals surface area contributed by atoms with Crippen LogP contribution in [0.25, 0.3) is 0 Å². The summed E-state index contributed by atoms with van der Waals surface area (Å²) in [5, 5.41) is 0. The minimum Gasteiger partial charge on any atom is -0.0656 e. The first-order valence-corrected chi connectivity index (χ1v) is 12.0. The Morgan fingerprint density at radius 3 is 1.48 bits per heavy atom. The number of hydrogen-bond acceptors (Lipinski definition) is 0. The van der Waals surface area contributed by atoms with Crippen molar-refractivity contribution in [1.82, 2.24) is 0 Å². The van der Waals surface area contributed by atoms with Gasteiger partial charge in [-0.15, -0.1) is 0 Å². The van der Waals surface area contributed by atoms with Crippen LogP contribution in [0.3, 0.4) is 0 Å². The summed E-state index contributed by atoms with van der Waals surface area (Å²) < 4.78 is 0. The molecule has 4 aliphatic rings. The topological polar surface area (TPSA) is 0 Å². The summed E-state index contributed by atoms with van der Waals surface area (Å²) in [5.41, 5.74) is 0.604. The maximum Gasteiger partial charge on any atom is -0.0290 e. The maximum absolute atomic E-state index is 2.70. The van der Waals surface area contributed by atoms with Crippen LogP contribution in [-0.2, 0) is 0 Å². The van der Waals surface area contributed by atoms with E-state index >= 15 is 0 Å². The fraction of sp³-hybridized carbons (Fsp3) is 1.00. The summed E-state index contributed by atoms with van der Waals surface area (Å²) >= 11 is 0. The van der Waals surface area contributed by atoms with Crippen molar-refractivity contribution in [2.75, 3.05) is 0 Å². The van der Waals surface area contributed by atoms with Crippen molar-refractivity contribution < 1.29 is 0 Å². The van der Waals surface area contributed by atoms with Gasteiger partial charge in [0.05, 0.1) is 0 Å². The monoisotopic (exact) mass is 346 g/mol. The van der Waals surface area contributed by atoms with E-state index in [1.165, 1.54) is 51.4 Å². The summed E-state index contributed by atoms with van der Waals surface area (Å²) in [6, 6.07) is 0. The lowest BCUT2D eigenvalue weighted by atomic mass is 9.58. The largest absolute Gasteiger partial charge is 0.0656 e. The van der Waals surface area contributed by atoms with Crippen LogP contribution in [0, 0.1) is 46.8 Å². The Morgan fingerprint density at radius 2 is 1.08 bits per heavy atom. The Balaban J connectivity index is 0.000000569. The van der Waals surface area contributed by atoms with Crippen LogP contribution >= 0.6 is 0 Å². The highest BCUT2D eigenvalue weighted by atomic mass is 14.6. The van der Waals surface area contributed by atoms with Gasteiger partial charge in [0.15, 0.2) is 0 Å². The molecule has 0 saturated heterocycles. The molecule has 0 bridgehead atoms. The van der Waals surface area contributed by atoms with Crippen LogP contribution < -0.4 is 0 Å². The van der Waals surface area contributed by atoms with Crippen molar-refractivity contribution in [3.63, 3.8) is 0 Å². The average Bonchev–Trinajstić information content (AvgIpc) is 3.17. The molecule has 0 aromatic rings. The van der Waals surface area contributed by atoms with Gasteiger partial charge in [-0.05, 0) is 78.9 Å². The second-order valence-electron chi connectivity index (χ2n) is 10.8. The molecule has 0 aliphatic heterocycles. The molecule has 0 aromatic carbocycles. The summed E-state index contributed by atoms with van der Waals surface area (Å²) in [4.78, 5) is 0. The van der Waals surface area contributed by atoms with E-state index in [2.05, 4.69) is 34.6 Å². The number of hydrogen-bond donors (Lipinski definition) is 0. The van der Waals surface area contributed by atoms with Crippen LogP contribution in [0.1, 0.15) is 112 Å². The molecular weight excluding hydrogens is 300 g/mol. The molecule has 0 radical (unpaired) electrons. The zero-order chi connectivity index (χ0) is 18.0. The van der Waals surface area contributed by atoms with Crippen LogP contribution in [-0.4, -0.2) is 0 Å². The lowest BCUT2D eigenvalue weighted by Crippen LogP contribution is -2.40. The second-order valence-corrected chi connectivity index (χ2v) is 10.8. The Morgan fingerprint density at radius 1 is 0.640 bits per heavy atom. The molecule has 0 aromatic heterocycles. The van der Waals surface area contributed by atoms with E-state index in [1.54, 1.807) is 25.7 Å². The van der Waals surface area contributed by atoms with E-state index in [4.69, 9.17) is 0 Å². The quantitative estimate of drug-likeness (QED) is 0.473. The van der Waals surface area contributed by atoms with Gasteiger partial charge < -0.3 is 0 Å². The summed E-state index contributed by atoms with van der Waals surface area (Å²) in [6.07, 6.45) is 18.2. The molecule has 4 saturated carbocycles. The molecule has 0 N–H and O–H groups in total. The lowest BCUT2D eigenvalue weighted by molar-refractivity contribution is 0.0156. The Kier molecular flexibility index (Phi) is 6.60. The van der Waals surface area contributed by atoms with Gasteiger partial charge in [-0.25, -0.2) is 0 Å². The molecule has 0 heteroatoms. The maximum atomic E-state index is 2.70. The molecule has 0 spiro atoms. The Hall–Kier alpha value is 0. The molecule has 0 amide bonds. The molecule has 6 unspecified atom stereocenters. The van der Waals surface area contributed by atoms with Gasteiger partial charge in [-0.3, -0.25) is 0 Å². The molecule has 4 rings (SSSR count). The Bertz CT molecular complexity index is 386. The smallest absolute Gasteiger partial charge is 0.0290 e. The predicted octanol–water partition coefficient (Wildman–Crippen LogP) is 8.11. The zero-order valence-corrected chi connectivity index (χ0v) is 18.0. The zero-order valence-electron chi connectivity index (χ0n) is 18.0. The highest BCUT2D eigenvalue weighted by Crippen LogP contribution is 2.64. The van der Waals surface area contributed by atoms with Crippen molar-refractivity contribution in [3.05, 3.63) is 0 Å². The minimum atomic E-state index is 0.604. The fourth-order valence-corrected chi connectivity index (χ4v) is 8.25. The third-order valence-electron chi connectivity index (χ3n) is 8.90. The normalized spacial score (nSPS) is 43.8. The lowest BCUT2D eigenvalue weighted by Gasteiger charge is -2.47. The van der Waals surface area contributed by atoms with E-state index in [1.807, 2.05) is 0 Å². The van der Waals surface area contributed by atoms with Gasteiger partial charge in [-0.2, -0.15) is 0 Å². The minimum absolute atomic E-state index is 0.604. The van der Waals surface area contributed by atoms with Crippen molar-refractivity contribution >= 4 is 0 Å². The molecule has 6 atom stereocenters. The summed E-state index contributed by atoms with van der Waals surface area (Å²) in [6.45, 7) is 12.2. The summed E-state index contributed by atoms with van der Waals surface area (Å²) in [7, 11) is 0. The first kappa shape index (κ1) is 19.8. The molecule has 4 aliphatic carbocycles. The van der Waals surface area contributed by atoms with Crippen LogP contribution in [0.5, 0.6) is 0 Å². The van der Waals surface area contributed by atoms with Gasteiger partial charge in [0.25, 0.3) is 0 Å². The van der Waals surface area contributed by atoms with E-state index in [0.29, 0.717) is 5.41 Å². The van der Waals surface area contributed by atoms with Gasteiger partial charge >= 0.3 is 0 Å². The van der Waals surface area contributed by atoms with Crippen LogP contribution in [0.4, 0.5) is 0 Å². The second kappa shape index (κ2) is 8.35. The third-order valence-corrected chi connectivity index (χ3v) is 8.90. The van der Waals surface area contributed by atoms with Gasteiger partial charge in [0.2, 0.25) is 0 Å². The fourth-order valence-electron chi connectivity index (χ4n) is 8.25. The highest BCUT2D eigenvalue weighted by Gasteiger charge is 2.57. The Labute approximate surface area is 158 Å². The average molecular weight is 347 g/mol. The van der Waals surface area contributed by atoms with Crippen molar-refractivity contribution in [1.29, 1.82) is 0 Å². The molecule has 0 nitrogen and oxygen atoms in total. The van der Waals surface area contributed by atoms with E-state index < -0.39 is 0 Å². The standard InChI is InChI=1S/C22H38.C3H8/c1-15-9-8-14-20(15)22(2,3)21-18-12-6-4-10-16(18)17-11-5-7-13-19(17)21;1-3-2/h15-21H,4-14H2,1-3H3;3H2,1-2H3. The third kappa shape index (κ3) is 3.70.